The number of carbonyl (C=O) groups is 1. The minimum atomic E-state index is -0.601. The molecule has 0 unspecified atom stereocenters. The van der Waals surface area contributed by atoms with Crippen LogP contribution in [0.4, 0.5) is 0 Å². The van der Waals surface area contributed by atoms with E-state index >= 15 is 0 Å². The third kappa shape index (κ3) is 3.90. The van der Waals surface area contributed by atoms with Crippen molar-refractivity contribution in [2.75, 3.05) is 27.9 Å². The average molecular weight is 336 g/mol. The molecule has 1 atom stereocenters. The summed E-state index contributed by atoms with van der Waals surface area (Å²) >= 11 is 0. The van der Waals surface area contributed by atoms with Gasteiger partial charge >= 0.3 is 0 Å². The van der Waals surface area contributed by atoms with Gasteiger partial charge in [0.25, 0.3) is 5.91 Å². The molecule has 0 spiro atoms. The third-order valence-electron chi connectivity index (χ3n) is 3.79. The normalized spacial score (nSPS) is 16.2. The number of methoxy groups -OCH3 is 3. The van der Waals surface area contributed by atoms with Crippen LogP contribution >= 0.6 is 0 Å². The number of hydrogen-bond donors (Lipinski definition) is 1. The van der Waals surface area contributed by atoms with Crippen molar-refractivity contribution in [2.45, 2.75) is 32.3 Å². The Morgan fingerprint density at radius 3 is 2.46 bits per heavy atom. The molecular formula is C17H24N2O5. The molecule has 0 bridgehead atoms. The number of benzene rings is 1. The van der Waals surface area contributed by atoms with Crippen LogP contribution < -0.4 is 19.5 Å². The lowest BCUT2D eigenvalue weighted by Crippen LogP contribution is -2.35. The number of rotatable bonds is 8. The van der Waals surface area contributed by atoms with Crippen molar-refractivity contribution in [1.29, 1.82) is 0 Å². The van der Waals surface area contributed by atoms with Crippen LogP contribution in [0.3, 0.4) is 0 Å². The van der Waals surface area contributed by atoms with Crippen molar-refractivity contribution in [1.82, 2.24) is 5.32 Å². The first-order valence-corrected chi connectivity index (χ1v) is 7.95. The summed E-state index contributed by atoms with van der Waals surface area (Å²) in [6.45, 7) is 2.72. The van der Waals surface area contributed by atoms with Crippen LogP contribution in [0.25, 0.3) is 0 Å². The fourth-order valence-electron chi connectivity index (χ4n) is 2.44. The lowest BCUT2D eigenvalue weighted by Gasteiger charge is -2.13. The molecule has 7 nitrogen and oxygen atoms in total. The lowest BCUT2D eigenvalue weighted by atomic mass is 10.0. The van der Waals surface area contributed by atoms with E-state index in [1.165, 1.54) is 0 Å². The zero-order valence-corrected chi connectivity index (χ0v) is 14.5. The number of nitrogens with zero attached hydrogens (tertiary/aromatic N) is 1. The number of hydrogen-bond acceptors (Lipinski definition) is 6. The summed E-state index contributed by atoms with van der Waals surface area (Å²) in [5, 5.41) is 6.90. The summed E-state index contributed by atoms with van der Waals surface area (Å²) in [5.74, 6) is 1.43. The van der Waals surface area contributed by atoms with E-state index in [0.29, 0.717) is 35.9 Å². The molecule has 1 aromatic rings. The molecule has 0 radical (unpaired) electrons. The summed E-state index contributed by atoms with van der Waals surface area (Å²) in [4.78, 5) is 17.3. The Morgan fingerprint density at radius 2 is 1.92 bits per heavy atom. The fourth-order valence-corrected chi connectivity index (χ4v) is 2.44. The van der Waals surface area contributed by atoms with Crippen molar-refractivity contribution >= 4 is 11.6 Å². The zero-order valence-electron chi connectivity index (χ0n) is 14.5. The van der Waals surface area contributed by atoms with Gasteiger partial charge in [0.15, 0.2) is 11.5 Å². The van der Waals surface area contributed by atoms with Gasteiger partial charge in [0.1, 0.15) is 0 Å². The van der Waals surface area contributed by atoms with Crippen LogP contribution in [0, 0.1) is 0 Å². The molecule has 7 heteroatoms. The second kappa shape index (κ2) is 8.42. The Labute approximate surface area is 141 Å². The molecule has 1 aromatic carbocycles. The Morgan fingerprint density at radius 1 is 1.25 bits per heavy atom. The Kier molecular flexibility index (Phi) is 6.28. The molecule has 1 aliphatic heterocycles. The largest absolute Gasteiger partial charge is 0.493 e. The van der Waals surface area contributed by atoms with Crippen molar-refractivity contribution in [3.8, 4) is 17.2 Å². The van der Waals surface area contributed by atoms with E-state index < -0.39 is 6.10 Å². The van der Waals surface area contributed by atoms with Gasteiger partial charge in [0.05, 0.1) is 27.0 Å². The van der Waals surface area contributed by atoms with Crippen LogP contribution in [0.2, 0.25) is 0 Å². The topological polar surface area (TPSA) is 78.4 Å². The van der Waals surface area contributed by atoms with Crippen molar-refractivity contribution in [3.63, 3.8) is 0 Å². The number of oxime groups is 1. The second-order valence-electron chi connectivity index (χ2n) is 5.39. The second-order valence-corrected chi connectivity index (χ2v) is 5.39. The third-order valence-corrected chi connectivity index (χ3v) is 3.79. The monoisotopic (exact) mass is 336 g/mol. The molecule has 132 valence electrons. The molecule has 1 N–H and O–H groups in total. The van der Waals surface area contributed by atoms with E-state index in [-0.39, 0.29) is 5.91 Å². The summed E-state index contributed by atoms with van der Waals surface area (Å²) < 4.78 is 16.0. The minimum absolute atomic E-state index is 0.144. The molecule has 24 heavy (non-hydrogen) atoms. The van der Waals surface area contributed by atoms with E-state index in [1.54, 1.807) is 33.5 Å². The fraction of sp³-hybridized carbons (Fsp3) is 0.529. The van der Waals surface area contributed by atoms with Crippen molar-refractivity contribution in [3.05, 3.63) is 17.7 Å². The van der Waals surface area contributed by atoms with Crippen LogP contribution in [-0.4, -0.2) is 45.6 Å². The predicted molar refractivity (Wildman–Crippen MR) is 90.0 cm³/mol. The molecule has 1 heterocycles. The van der Waals surface area contributed by atoms with Gasteiger partial charge in [0.2, 0.25) is 11.9 Å². The van der Waals surface area contributed by atoms with Gasteiger partial charge in [-0.2, -0.15) is 0 Å². The van der Waals surface area contributed by atoms with Crippen molar-refractivity contribution in [2.24, 2.45) is 5.16 Å². The Hall–Kier alpha value is -2.44. The molecule has 0 saturated carbocycles. The zero-order chi connectivity index (χ0) is 17.5. The SMILES string of the molecule is CCCCNC(=O)[C@@H]1CC(c2cc(OC)c(OC)c(OC)c2)=NO1. The summed E-state index contributed by atoms with van der Waals surface area (Å²) in [6, 6.07) is 3.59. The number of amides is 1. The highest BCUT2D eigenvalue weighted by atomic mass is 16.6. The maximum Gasteiger partial charge on any atom is 0.264 e. The van der Waals surface area contributed by atoms with Gasteiger partial charge in [0, 0.05) is 18.5 Å². The quantitative estimate of drug-likeness (QED) is 0.736. The Balaban J connectivity index is 2.11. The van der Waals surface area contributed by atoms with Gasteiger partial charge in [-0.05, 0) is 18.6 Å². The van der Waals surface area contributed by atoms with Gasteiger partial charge < -0.3 is 24.4 Å². The molecule has 0 fully saturated rings. The molecule has 0 aromatic heterocycles. The van der Waals surface area contributed by atoms with Crippen LogP contribution in [0.15, 0.2) is 17.3 Å². The summed E-state index contributed by atoms with van der Waals surface area (Å²) in [5.41, 5.74) is 1.44. The lowest BCUT2D eigenvalue weighted by molar-refractivity contribution is -0.131. The number of unbranched alkanes of at least 4 members (excludes halogenated alkanes) is 1. The molecule has 1 amide bonds. The molecule has 0 saturated heterocycles. The first-order chi connectivity index (χ1) is 11.6. The van der Waals surface area contributed by atoms with E-state index in [2.05, 4.69) is 17.4 Å². The standard InChI is InChI=1S/C17H24N2O5/c1-5-6-7-18-17(20)15-10-12(19-24-15)11-8-13(21-2)16(23-4)14(9-11)22-3/h8-9,15H,5-7,10H2,1-4H3,(H,18,20)/t15-/m0/s1. The van der Waals surface area contributed by atoms with Gasteiger partial charge in [-0.25, -0.2) is 0 Å². The van der Waals surface area contributed by atoms with Crippen LogP contribution in [0.5, 0.6) is 17.2 Å². The summed E-state index contributed by atoms with van der Waals surface area (Å²) in [7, 11) is 4.66. The maximum absolute atomic E-state index is 12.1. The maximum atomic E-state index is 12.1. The predicted octanol–water partition coefficient (Wildman–Crippen LogP) is 2.12. The van der Waals surface area contributed by atoms with Gasteiger partial charge in [-0.1, -0.05) is 18.5 Å². The van der Waals surface area contributed by atoms with Gasteiger partial charge in [-0.15, -0.1) is 0 Å². The molecule has 1 aliphatic rings. The van der Waals surface area contributed by atoms with E-state index in [1.807, 2.05) is 0 Å². The van der Waals surface area contributed by atoms with Crippen LogP contribution in [-0.2, 0) is 9.63 Å². The van der Waals surface area contributed by atoms with E-state index in [4.69, 9.17) is 19.0 Å². The summed E-state index contributed by atoms with van der Waals surface area (Å²) in [6.07, 6.45) is 1.77. The number of carbonyl (C=O) groups excluding carboxylic acids is 1. The average Bonchev–Trinajstić information content (AvgIpc) is 3.10. The van der Waals surface area contributed by atoms with E-state index in [9.17, 15) is 4.79 Å². The van der Waals surface area contributed by atoms with E-state index in [0.717, 1.165) is 18.4 Å². The van der Waals surface area contributed by atoms with Gasteiger partial charge in [-0.3, -0.25) is 4.79 Å². The smallest absolute Gasteiger partial charge is 0.264 e. The molecular weight excluding hydrogens is 312 g/mol. The van der Waals surface area contributed by atoms with Crippen LogP contribution in [0.1, 0.15) is 31.7 Å². The molecule has 2 rings (SSSR count). The first kappa shape index (κ1) is 17.9. The number of ether oxygens (including phenoxy) is 3. The van der Waals surface area contributed by atoms with Crippen molar-refractivity contribution < 1.29 is 23.8 Å². The first-order valence-electron chi connectivity index (χ1n) is 7.95. The highest BCUT2D eigenvalue weighted by Gasteiger charge is 2.29. The highest BCUT2D eigenvalue weighted by molar-refractivity contribution is 6.04. The highest BCUT2D eigenvalue weighted by Crippen LogP contribution is 2.39. The number of nitrogens with one attached hydrogen (secondary N) is 1. The Bertz CT molecular complexity index is 590. The molecule has 0 aliphatic carbocycles. The minimum Gasteiger partial charge on any atom is -0.493 e.